The smallest absolute Gasteiger partial charge is 0.319 e. The molecule has 26 heavy (non-hydrogen) atoms. The topological polar surface area (TPSA) is 61.4 Å². The Kier molecular flexibility index (Phi) is 5.16. The Morgan fingerprint density at radius 2 is 1.88 bits per heavy atom. The summed E-state index contributed by atoms with van der Waals surface area (Å²) >= 11 is 0. The second kappa shape index (κ2) is 7.51. The molecule has 1 aliphatic heterocycles. The molecule has 0 spiro atoms. The van der Waals surface area contributed by atoms with Gasteiger partial charge in [0.1, 0.15) is 11.6 Å². The molecule has 2 aromatic carbocycles. The van der Waals surface area contributed by atoms with Gasteiger partial charge in [-0.3, -0.25) is 4.79 Å². The van der Waals surface area contributed by atoms with Crippen molar-refractivity contribution in [1.82, 2.24) is 5.32 Å². The average Bonchev–Trinajstić information content (AvgIpc) is 3.04. The largest absolute Gasteiger partial charge is 0.367 e. The van der Waals surface area contributed by atoms with E-state index in [0.717, 1.165) is 6.07 Å². The molecule has 136 valence electrons. The van der Waals surface area contributed by atoms with Gasteiger partial charge in [-0.25, -0.2) is 13.6 Å². The minimum absolute atomic E-state index is 0.0746. The molecular formula is C19H19F2N3O2. The van der Waals surface area contributed by atoms with Crippen LogP contribution in [0.15, 0.2) is 42.5 Å². The van der Waals surface area contributed by atoms with Crippen molar-refractivity contribution in [2.75, 3.05) is 23.3 Å². The van der Waals surface area contributed by atoms with Crippen LogP contribution in [0.1, 0.15) is 23.7 Å². The molecule has 2 N–H and O–H groups in total. The number of ketones is 1. The number of hydrogen-bond donors (Lipinski definition) is 2. The van der Waals surface area contributed by atoms with Crippen LogP contribution in [-0.4, -0.2) is 30.9 Å². The van der Waals surface area contributed by atoms with E-state index in [2.05, 4.69) is 10.6 Å². The lowest BCUT2D eigenvalue weighted by molar-refractivity contribution is 0.101. The highest BCUT2D eigenvalue weighted by molar-refractivity contribution is 5.97. The first-order valence-electron chi connectivity index (χ1n) is 8.31. The van der Waals surface area contributed by atoms with Gasteiger partial charge in [0.2, 0.25) is 0 Å². The Bertz CT molecular complexity index is 841. The molecule has 1 atom stereocenters. The van der Waals surface area contributed by atoms with Crippen molar-refractivity contribution in [2.45, 2.75) is 19.4 Å². The Labute approximate surface area is 150 Å². The molecule has 0 bridgehead atoms. The molecule has 5 nitrogen and oxygen atoms in total. The molecule has 3 rings (SSSR count). The van der Waals surface area contributed by atoms with Crippen molar-refractivity contribution < 1.29 is 18.4 Å². The quantitative estimate of drug-likeness (QED) is 0.821. The first-order chi connectivity index (χ1) is 12.4. The minimum atomic E-state index is -0.625. The number of halogens is 2. The molecule has 1 aliphatic rings. The first kappa shape index (κ1) is 17.8. The molecule has 1 unspecified atom stereocenters. The summed E-state index contributed by atoms with van der Waals surface area (Å²) in [6, 6.07) is 9.77. The number of Topliss-reactive ketones (excluding diaryl/α,β-unsaturated/α-hetero) is 1. The summed E-state index contributed by atoms with van der Waals surface area (Å²) in [6.07, 6.45) is 0.684. The summed E-state index contributed by atoms with van der Waals surface area (Å²) in [7, 11) is 0. The second-order valence-corrected chi connectivity index (χ2v) is 6.23. The number of urea groups is 1. The van der Waals surface area contributed by atoms with Crippen molar-refractivity contribution in [3.63, 3.8) is 0 Å². The number of anilines is 2. The summed E-state index contributed by atoms with van der Waals surface area (Å²) in [5.74, 6) is -1.33. The lowest BCUT2D eigenvalue weighted by Gasteiger charge is -2.19. The molecular weight excluding hydrogens is 340 g/mol. The highest BCUT2D eigenvalue weighted by atomic mass is 19.1. The van der Waals surface area contributed by atoms with E-state index in [0.29, 0.717) is 30.9 Å². The van der Waals surface area contributed by atoms with E-state index in [1.165, 1.54) is 25.1 Å². The van der Waals surface area contributed by atoms with Crippen molar-refractivity contribution in [3.8, 4) is 0 Å². The molecule has 0 saturated carbocycles. The van der Waals surface area contributed by atoms with Gasteiger partial charge in [-0.15, -0.1) is 0 Å². The second-order valence-electron chi connectivity index (χ2n) is 6.23. The van der Waals surface area contributed by atoms with Crippen LogP contribution in [0.3, 0.4) is 0 Å². The molecule has 7 heteroatoms. The van der Waals surface area contributed by atoms with Crippen molar-refractivity contribution in [1.29, 1.82) is 0 Å². The fourth-order valence-corrected chi connectivity index (χ4v) is 3.03. The monoisotopic (exact) mass is 359 g/mol. The van der Waals surface area contributed by atoms with Crippen LogP contribution in [-0.2, 0) is 0 Å². The minimum Gasteiger partial charge on any atom is -0.367 e. The third-order valence-corrected chi connectivity index (χ3v) is 4.32. The summed E-state index contributed by atoms with van der Waals surface area (Å²) in [5, 5.41) is 5.41. The standard InChI is InChI=1S/C19H19F2N3O2/c1-12(25)15-10-13(6-7-16(15)20)22-19(26)23-14-8-9-24(11-14)18-5-3-2-4-17(18)21/h2-7,10,14H,8-9,11H2,1H3,(H2,22,23,26). The molecule has 0 radical (unpaired) electrons. The van der Waals surface area contributed by atoms with E-state index in [-0.39, 0.29) is 17.4 Å². The highest BCUT2D eigenvalue weighted by Gasteiger charge is 2.25. The Balaban J connectivity index is 1.59. The number of nitrogens with one attached hydrogen (secondary N) is 2. The summed E-state index contributed by atoms with van der Waals surface area (Å²) < 4.78 is 27.4. The van der Waals surface area contributed by atoms with E-state index in [1.54, 1.807) is 18.2 Å². The van der Waals surface area contributed by atoms with Crippen LogP contribution < -0.4 is 15.5 Å². The van der Waals surface area contributed by atoms with Gasteiger partial charge < -0.3 is 15.5 Å². The van der Waals surface area contributed by atoms with Crippen LogP contribution >= 0.6 is 0 Å². The summed E-state index contributed by atoms with van der Waals surface area (Å²) in [5.41, 5.74) is 0.772. The zero-order chi connectivity index (χ0) is 18.7. The average molecular weight is 359 g/mol. The van der Waals surface area contributed by atoms with E-state index < -0.39 is 17.6 Å². The maximum absolute atomic E-state index is 13.9. The zero-order valence-corrected chi connectivity index (χ0v) is 14.3. The van der Waals surface area contributed by atoms with Crippen molar-refractivity contribution in [2.24, 2.45) is 0 Å². The van der Waals surface area contributed by atoms with Crippen molar-refractivity contribution in [3.05, 3.63) is 59.7 Å². The summed E-state index contributed by atoms with van der Waals surface area (Å²) in [6.45, 7) is 2.39. The van der Waals surface area contributed by atoms with Crippen LogP contribution in [0.5, 0.6) is 0 Å². The Morgan fingerprint density at radius 3 is 2.62 bits per heavy atom. The van der Waals surface area contributed by atoms with Gasteiger partial charge >= 0.3 is 6.03 Å². The zero-order valence-electron chi connectivity index (χ0n) is 14.3. The van der Waals surface area contributed by atoms with Gasteiger partial charge in [-0.05, 0) is 43.7 Å². The van der Waals surface area contributed by atoms with Crippen LogP contribution in [0.2, 0.25) is 0 Å². The Hall–Kier alpha value is -2.96. The van der Waals surface area contributed by atoms with Gasteiger partial charge in [-0.2, -0.15) is 0 Å². The number of benzene rings is 2. The van der Waals surface area contributed by atoms with Gasteiger partial charge in [0, 0.05) is 24.8 Å². The molecule has 0 aliphatic carbocycles. The molecule has 2 amide bonds. The van der Waals surface area contributed by atoms with Crippen LogP contribution in [0.25, 0.3) is 0 Å². The third-order valence-electron chi connectivity index (χ3n) is 4.32. The van der Waals surface area contributed by atoms with E-state index >= 15 is 0 Å². The number of amides is 2. The molecule has 1 saturated heterocycles. The van der Waals surface area contributed by atoms with E-state index in [9.17, 15) is 18.4 Å². The van der Waals surface area contributed by atoms with Gasteiger partial charge in [-0.1, -0.05) is 12.1 Å². The van der Waals surface area contributed by atoms with E-state index in [4.69, 9.17) is 0 Å². The fraction of sp³-hybridized carbons (Fsp3) is 0.263. The number of carbonyl (C=O) groups is 2. The van der Waals surface area contributed by atoms with Crippen molar-refractivity contribution >= 4 is 23.2 Å². The lowest BCUT2D eigenvalue weighted by atomic mass is 10.1. The lowest BCUT2D eigenvalue weighted by Crippen LogP contribution is -2.39. The Morgan fingerprint density at radius 1 is 1.12 bits per heavy atom. The van der Waals surface area contributed by atoms with Crippen LogP contribution in [0, 0.1) is 11.6 Å². The number of para-hydroxylation sites is 1. The predicted molar refractivity (Wildman–Crippen MR) is 95.6 cm³/mol. The van der Waals surface area contributed by atoms with E-state index in [1.807, 2.05) is 4.90 Å². The number of rotatable bonds is 4. The SMILES string of the molecule is CC(=O)c1cc(NC(=O)NC2CCN(c3ccccc3F)C2)ccc1F. The molecule has 1 fully saturated rings. The third kappa shape index (κ3) is 3.99. The number of hydrogen-bond acceptors (Lipinski definition) is 3. The highest BCUT2D eigenvalue weighted by Crippen LogP contribution is 2.23. The number of carbonyl (C=O) groups excluding carboxylic acids is 2. The van der Waals surface area contributed by atoms with Crippen LogP contribution in [0.4, 0.5) is 25.0 Å². The van der Waals surface area contributed by atoms with Gasteiger partial charge in [0.05, 0.1) is 11.3 Å². The maximum atomic E-state index is 13.9. The summed E-state index contributed by atoms with van der Waals surface area (Å²) in [4.78, 5) is 25.4. The molecule has 0 aromatic heterocycles. The first-order valence-corrected chi connectivity index (χ1v) is 8.31. The van der Waals surface area contributed by atoms with Gasteiger partial charge in [0.25, 0.3) is 0 Å². The maximum Gasteiger partial charge on any atom is 0.319 e. The predicted octanol–water partition coefficient (Wildman–Crippen LogP) is 3.57. The molecule has 2 aromatic rings. The molecule has 1 heterocycles. The van der Waals surface area contributed by atoms with Gasteiger partial charge in [0.15, 0.2) is 5.78 Å². The normalized spacial score (nSPS) is 16.4. The number of nitrogens with zero attached hydrogens (tertiary/aromatic N) is 1. The fourth-order valence-electron chi connectivity index (χ4n) is 3.03.